The van der Waals surface area contributed by atoms with Gasteiger partial charge in [-0.3, -0.25) is 0 Å². The van der Waals surface area contributed by atoms with Crippen LogP contribution in [0.5, 0.6) is 0 Å². The number of halogens is 3. The first-order chi connectivity index (χ1) is 8.51. The monoisotopic (exact) mass is 287 g/mol. The van der Waals surface area contributed by atoms with Gasteiger partial charge in [-0.2, -0.15) is 0 Å². The zero-order chi connectivity index (χ0) is 13.7. The highest BCUT2D eigenvalue weighted by molar-refractivity contribution is 6.36. The van der Waals surface area contributed by atoms with Gasteiger partial charge in [-0.15, -0.1) is 12.3 Å². The molecular weight excluding hydrogens is 272 g/mol. The molecule has 0 aliphatic rings. The summed E-state index contributed by atoms with van der Waals surface area (Å²) in [6.45, 7) is 3.93. The van der Waals surface area contributed by atoms with Crippen LogP contribution >= 0.6 is 23.2 Å². The standard InChI is InChI=1S/C14H16Cl2FN/c1-4-6-10(5-2)18-9(3)13-11(15)7-8-12(17)14(13)16/h1,7-10,18H,5-6H2,2-3H3. The van der Waals surface area contributed by atoms with Gasteiger partial charge >= 0.3 is 0 Å². The van der Waals surface area contributed by atoms with Crippen molar-refractivity contribution >= 4 is 23.2 Å². The predicted molar refractivity (Wildman–Crippen MR) is 75.5 cm³/mol. The summed E-state index contributed by atoms with van der Waals surface area (Å²) in [5.74, 6) is 2.15. The van der Waals surface area contributed by atoms with E-state index in [9.17, 15) is 4.39 Å². The molecule has 98 valence electrons. The van der Waals surface area contributed by atoms with E-state index >= 15 is 0 Å². The van der Waals surface area contributed by atoms with Crippen LogP contribution in [0.4, 0.5) is 4.39 Å². The first-order valence-corrected chi connectivity index (χ1v) is 6.59. The van der Waals surface area contributed by atoms with Crippen molar-refractivity contribution in [1.29, 1.82) is 0 Å². The maximum atomic E-state index is 13.4. The first-order valence-electron chi connectivity index (χ1n) is 5.84. The van der Waals surface area contributed by atoms with E-state index in [0.717, 1.165) is 6.42 Å². The molecule has 4 heteroatoms. The summed E-state index contributed by atoms with van der Waals surface area (Å²) in [7, 11) is 0. The van der Waals surface area contributed by atoms with E-state index in [1.165, 1.54) is 12.1 Å². The molecule has 1 nitrogen and oxygen atoms in total. The molecule has 0 aliphatic carbocycles. The van der Waals surface area contributed by atoms with Crippen molar-refractivity contribution in [1.82, 2.24) is 5.32 Å². The molecule has 0 fully saturated rings. The fourth-order valence-corrected chi connectivity index (χ4v) is 2.54. The zero-order valence-electron chi connectivity index (χ0n) is 10.4. The SMILES string of the molecule is C#CCC(CC)NC(C)c1c(Cl)ccc(F)c1Cl. The summed E-state index contributed by atoms with van der Waals surface area (Å²) >= 11 is 12.0. The molecule has 0 aliphatic heterocycles. The lowest BCUT2D eigenvalue weighted by molar-refractivity contribution is 0.448. The fourth-order valence-electron chi connectivity index (χ4n) is 1.84. The van der Waals surface area contributed by atoms with Crippen molar-refractivity contribution in [2.24, 2.45) is 0 Å². The van der Waals surface area contributed by atoms with E-state index < -0.39 is 5.82 Å². The third kappa shape index (κ3) is 3.62. The van der Waals surface area contributed by atoms with Gasteiger partial charge in [0.05, 0.1) is 5.02 Å². The number of nitrogens with one attached hydrogen (secondary N) is 1. The second kappa shape index (κ2) is 6.99. The lowest BCUT2D eigenvalue weighted by Gasteiger charge is -2.22. The topological polar surface area (TPSA) is 12.0 Å². The number of benzene rings is 1. The molecule has 1 aromatic carbocycles. The highest BCUT2D eigenvalue weighted by Gasteiger charge is 2.19. The van der Waals surface area contributed by atoms with Gasteiger partial charge in [-0.1, -0.05) is 30.1 Å². The smallest absolute Gasteiger partial charge is 0.142 e. The third-order valence-electron chi connectivity index (χ3n) is 2.86. The summed E-state index contributed by atoms with van der Waals surface area (Å²) < 4.78 is 13.4. The molecule has 0 aromatic heterocycles. The molecule has 18 heavy (non-hydrogen) atoms. The van der Waals surface area contributed by atoms with Gasteiger partial charge < -0.3 is 5.32 Å². The van der Waals surface area contributed by atoms with Crippen molar-refractivity contribution in [3.05, 3.63) is 33.6 Å². The molecule has 2 unspecified atom stereocenters. The van der Waals surface area contributed by atoms with Gasteiger partial charge in [0.25, 0.3) is 0 Å². The highest BCUT2D eigenvalue weighted by Crippen LogP contribution is 2.32. The Morgan fingerprint density at radius 1 is 1.44 bits per heavy atom. The quantitative estimate of drug-likeness (QED) is 0.617. The minimum Gasteiger partial charge on any atom is -0.306 e. The second-order valence-corrected chi connectivity index (χ2v) is 4.94. The van der Waals surface area contributed by atoms with Crippen LogP contribution in [0, 0.1) is 18.2 Å². The van der Waals surface area contributed by atoms with Crippen LogP contribution in [0.1, 0.15) is 38.3 Å². The van der Waals surface area contributed by atoms with Gasteiger partial charge in [0.15, 0.2) is 0 Å². The van der Waals surface area contributed by atoms with Crippen molar-refractivity contribution in [3.8, 4) is 12.3 Å². The van der Waals surface area contributed by atoms with Crippen molar-refractivity contribution in [2.75, 3.05) is 0 Å². The molecule has 1 aromatic rings. The summed E-state index contributed by atoms with van der Waals surface area (Å²) in [5.41, 5.74) is 0.578. The molecule has 1 rings (SSSR count). The molecule has 0 amide bonds. The summed E-state index contributed by atoms with van der Waals surface area (Å²) in [5, 5.41) is 3.84. The Balaban J connectivity index is 2.94. The molecule has 0 heterocycles. The normalized spacial score (nSPS) is 14.0. The van der Waals surface area contributed by atoms with E-state index in [1.807, 2.05) is 13.8 Å². The first kappa shape index (κ1) is 15.3. The Morgan fingerprint density at radius 2 is 2.11 bits per heavy atom. The van der Waals surface area contributed by atoms with Crippen molar-refractivity contribution in [3.63, 3.8) is 0 Å². The van der Waals surface area contributed by atoms with Crippen LogP contribution in [-0.2, 0) is 0 Å². The average molecular weight is 288 g/mol. The van der Waals surface area contributed by atoms with Crippen LogP contribution < -0.4 is 5.32 Å². The molecule has 0 saturated heterocycles. The van der Waals surface area contributed by atoms with Crippen LogP contribution in [0.3, 0.4) is 0 Å². The van der Waals surface area contributed by atoms with E-state index in [0.29, 0.717) is 17.0 Å². The second-order valence-electron chi connectivity index (χ2n) is 4.16. The minimum absolute atomic E-state index is 0.0676. The van der Waals surface area contributed by atoms with Gasteiger partial charge in [-0.25, -0.2) is 4.39 Å². The Labute approximate surface area is 118 Å². The molecule has 1 N–H and O–H groups in total. The van der Waals surface area contributed by atoms with Crippen LogP contribution in [-0.4, -0.2) is 6.04 Å². The van der Waals surface area contributed by atoms with Gasteiger partial charge in [0, 0.05) is 29.1 Å². The lowest BCUT2D eigenvalue weighted by atomic mass is 10.0. The minimum atomic E-state index is -0.463. The largest absolute Gasteiger partial charge is 0.306 e. The van der Waals surface area contributed by atoms with E-state index in [2.05, 4.69) is 11.2 Å². The summed E-state index contributed by atoms with van der Waals surface area (Å²) in [6, 6.07) is 2.79. The maximum absolute atomic E-state index is 13.4. The Bertz CT molecular complexity index is 454. The maximum Gasteiger partial charge on any atom is 0.142 e. The molecular formula is C14H16Cl2FN. The Kier molecular flexibility index (Phi) is 5.95. The van der Waals surface area contributed by atoms with Crippen molar-refractivity contribution < 1.29 is 4.39 Å². The molecule has 2 atom stereocenters. The lowest BCUT2D eigenvalue weighted by Crippen LogP contribution is -2.31. The van der Waals surface area contributed by atoms with E-state index in [-0.39, 0.29) is 17.1 Å². The Morgan fingerprint density at radius 3 is 2.67 bits per heavy atom. The number of terminal acetylenes is 1. The third-order valence-corrected chi connectivity index (χ3v) is 3.57. The molecule has 0 radical (unpaired) electrons. The highest BCUT2D eigenvalue weighted by atomic mass is 35.5. The van der Waals surface area contributed by atoms with Crippen LogP contribution in [0.25, 0.3) is 0 Å². The number of rotatable bonds is 5. The Hall–Kier alpha value is -0.750. The van der Waals surface area contributed by atoms with Crippen molar-refractivity contribution in [2.45, 2.75) is 38.8 Å². The molecule has 0 bridgehead atoms. The van der Waals surface area contributed by atoms with Gasteiger partial charge in [0.1, 0.15) is 5.82 Å². The van der Waals surface area contributed by atoms with Crippen LogP contribution in [0.15, 0.2) is 12.1 Å². The molecule has 0 spiro atoms. The van der Waals surface area contributed by atoms with Gasteiger partial charge in [-0.05, 0) is 25.5 Å². The number of hydrogen-bond donors (Lipinski definition) is 1. The predicted octanol–water partition coefficient (Wildman–Crippen LogP) is 4.59. The average Bonchev–Trinajstić information content (AvgIpc) is 2.34. The van der Waals surface area contributed by atoms with Gasteiger partial charge in [0.2, 0.25) is 0 Å². The molecule has 0 saturated carbocycles. The van der Waals surface area contributed by atoms with E-state index in [4.69, 9.17) is 29.6 Å². The zero-order valence-corrected chi connectivity index (χ0v) is 11.9. The summed E-state index contributed by atoms with van der Waals surface area (Å²) in [4.78, 5) is 0. The van der Waals surface area contributed by atoms with E-state index in [1.54, 1.807) is 0 Å². The summed E-state index contributed by atoms with van der Waals surface area (Å²) in [6.07, 6.45) is 6.81. The fraction of sp³-hybridized carbons (Fsp3) is 0.429. The number of hydrogen-bond acceptors (Lipinski definition) is 1. The van der Waals surface area contributed by atoms with Crippen LogP contribution in [0.2, 0.25) is 10.0 Å².